The van der Waals surface area contributed by atoms with Crippen molar-refractivity contribution in [3.05, 3.63) is 17.9 Å². The van der Waals surface area contributed by atoms with E-state index >= 15 is 0 Å². The lowest BCUT2D eigenvalue weighted by Gasteiger charge is -1.90. The first-order valence-corrected chi connectivity index (χ1v) is 2.15. The minimum Gasteiger partial charge on any atom is -0.380 e. The summed E-state index contributed by atoms with van der Waals surface area (Å²) in [5.41, 5.74) is 3.75. The Morgan fingerprint density at radius 1 is 1.86 bits per heavy atom. The molecule has 1 heteroatoms. The van der Waals surface area contributed by atoms with Crippen LogP contribution in [0.4, 0.5) is 0 Å². The first-order chi connectivity index (χ1) is 3.31. The monoisotopic (exact) mass is 98.1 g/mol. The molecule has 0 aliphatic carbocycles. The minimum atomic E-state index is 0.642. The molecular weight excluding hydrogens is 88.1 g/mol. The zero-order valence-corrected chi connectivity index (χ0v) is 4.82. The number of rotatable bonds is 2. The van der Waals surface area contributed by atoms with Crippen LogP contribution in [0.3, 0.4) is 0 Å². The van der Waals surface area contributed by atoms with Gasteiger partial charge in [0.25, 0.3) is 0 Å². The number of methoxy groups -OCH3 is 1. The van der Waals surface area contributed by atoms with Crippen molar-refractivity contribution < 1.29 is 4.74 Å². The first-order valence-electron chi connectivity index (χ1n) is 2.15. The minimum absolute atomic E-state index is 0.642. The molecule has 0 saturated carbocycles. The van der Waals surface area contributed by atoms with Gasteiger partial charge in [0.05, 0.1) is 6.61 Å². The average molecular weight is 98.1 g/mol. The van der Waals surface area contributed by atoms with Gasteiger partial charge >= 0.3 is 0 Å². The van der Waals surface area contributed by atoms with Crippen molar-refractivity contribution in [2.45, 2.75) is 6.92 Å². The van der Waals surface area contributed by atoms with Gasteiger partial charge in [0.2, 0.25) is 0 Å². The zero-order valence-electron chi connectivity index (χ0n) is 4.82. The Hall–Kier alpha value is -0.520. The number of hydrogen-bond donors (Lipinski definition) is 0. The van der Waals surface area contributed by atoms with Crippen molar-refractivity contribution in [3.63, 3.8) is 0 Å². The maximum atomic E-state index is 4.75. The summed E-state index contributed by atoms with van der Waals surface area (Å²) < 4.78 is 4.75. The molecule has 0 aliphatic rings. The van der Waals surface area contributed by atoms with Crippen LogP contribution < -0.4 is 0 Å². The summed E-state index contributed by atoms with van der Waals surface area (Å²) in [7, 11) is 1.65. The lowest BCUT2D eigenvalue weighted by molar-refractivity contribution is 0.226. The average Bonchev–Trinajstić information content (AvgIpc) is 1.68. The van der Waals surface area contributed by atoms with Crippen LogP contribution in [0.15, 0.2) is 17.9 Å². The predicted molar refractivity (Wildman–Crippen MR) is 30.2 cm³/mol. The molecule has 0 fully saturated rings. The Balaban J connectivity index is 3.37. The van der Waals surface area contributed by atoms with E-state index in [4.69, 9.17) is 4.74 Å². The van der Waals surface area contributed by atoms with Gasteiger partial charge in [-0.1, -0.05) is 6.58 Å². The molecule has 0 heterocycles. The highest BCUT2D eigenvalue weighted by Crippen LogP contribution is 1.85. The number of ether oxygens (including phenoxy) is 1. The van der Waals surface area contributed by atoms with Crippen LogP contribution >= 0.6 is 0 Å². The zero-order chi connectivity index (χ0) is 5.70. The third kappa shape index (κ3) is 3.31. The fraction of sp³-hybridized carbons (Fsp3) is 0.500. The number of hydrogen-bond acceptors (Lipinski definition) is 1. The van der Waals surface area contributed by atoms with Crippen LogP contribution in [0.1, 0.15) is 6.92 Å². The van der Waals surface area contributed by atoms with Gasteiger partial charge in [-0.15, -0.1) is 5.73 Å². The van der Waals surface area contributed by atoms with E-state index in [2.05, 4.69) is 12.3 Å². The van der Waals surface area contributed by atoms with E-state index < -0.39 is 0 Å². The summed E-state index contributed by atoms with van der Waals surface area (Å²) in [5, 5.41) is 0. The Kier molecular flexibility index (Phi) is 3.39. The molecule has 7 heavy (non-hydrogen) atoms. The van der Waals surface area contributed by atoms with E-state index in [1.807, 2.05) is 6.92 Å². The van der Waals surface area contributed by atoms with Crippen molar-refractivity contribution in [2.24, 2.45) is 0 Å². The van der Waals surface area contributed by atoms with Crippen LogP contribution in [-0.2, 0) is 4.74 Å². The predicted octanol–water partition coefficient (Wildman–Crippen LogP) is 1.36. The summed E-state index contributed by atoms with van der Waals surface area (Å²) in [6.45, 7) is 6.01. The smallest absolute Gasteiger partial charge is 0.0743 e. The standard InChI is InChI=1S/C6H10O/c1-4-6(2)5-7-3/h1,5H2,2-3H3. The van der Waals surface area contributed by atoms with Crippen LogP contribution in [0.25, 0.3) is 0 Å². The molecule has 1 nitrogen and oxygen atoms in total. The molecule has 0 aromatic heterocycles. The van der Waals surface area contributed by atoms with Gasteiger partial charge < -0.3 is 4.74 Å². The van der Waals surface area contributed by atoms with Crippen LogP contribution in [0.2, 0.25) is 0 Å². The van der Waals surface area contributed by atoms with Crippen LogP contribution in [0.5, 0.6) is 0 Å². The Morgan fingerprint density at radius 2 is 2.43 bits per heavy atom. The summed E-state index contributed by atoms with van der Waals surface area (Å²) in [5.74, 6) is 0. The fourth-order valence-electron chi connectivity index (χ4n) is 0.268. The third-order valence-electron chi connectivity index (χ3n) is 0.663. The van der Waals surface area contributed by atoms with Gasteiger partial charge in [-0.05, 0) is 12.5 Å². The Morgan fingerprint density at radius 3 is 2.57 bits per heavy atom. The summed E-state index contributed by atoms with van der Waals surface area (Å²) in [6.07, 6.45) is 0. The second-order valence-corrected chi connectivity index (χ2v) is 1.39. The second kappa shape index (κ2) is 3.66. The Bertz CT molecular complexity index is 88.4. The highest BCUT2D eigenvalue weighted by molar-refractivity contribution is 4.93. The quantitative estimate of drug-likeness (QED) is 0.474. The second-order valence-electron chi connectivity index (χ2n) is 1.39. The molecule has 0 bridgehead atoms. The molecule has 0 N–H and O–H groups in total. The van der Waals surface area contributed by atoms with Crippen molar-refractivity contribution in [3.8, 4) is 0 Å². The molecular formula is C6H10O. The van der Waals surface area contributed by atoms with Gasteiger partial charge in [-0.3, -0.25) is 0 Å². The summed E-state index contributed by atoms with van der Waals surface area (Å²) in [6, 6.07) is 0. The largest absolute Gasteiger partial charge is 0.380 e. The normalized spacial score (nSPS) is 7.71. The first kappa shape index (κ1) is 6.48. The summed E-state index contributed by atoms with van der Waals surface area (Å²) in [4.78, 5) is 0. The van der Waals surface area contributed by atoms with Crippen LogP contribution in [-0.4, -0.2) is 13.7 Å². The van der Waals surface area contributed by atoms with Crippen molar-refractivity contribution in [1.29, 1.82) is 0 Å². The van der Waals surface area contributed by atoms with E-state index in [1.165, 1.54) is 0 Å². The van der Waals surface area contributed by atoms with Gasteiger partial charge in [0.1, 0.15) is 0 Å². The van der Waals surface area contributed by atoms with Gasteiger partial charge in [-0.25, -0.2) is 0 Å². The van der Waals surface area contributed by atoms with E-state index in [0.717, 1.165) is 5.57 Å². The molecule has 0 atom stereocenters. The molecule has 0 unspecified atom stereocenters. The maximum absolute atomic E-state index is 4.75. The van der Waals surface area contributed by atoms with Gasteiger partial charge in [0.15, 0.2) is 0 Å². The third-order valence-corrected chi connectivity index (χ3v) is 0.663. The molecule has 0 rings (SSSR count). The highest BCUT2D eigenvalue weighted by atomic mass is 16.5. The van der Waals surface area contributed by atoms with Crippen molar-refractivity contribution in [2.75, 3.05) is 13.7 Å². The molecule has 0 radical (unpaired) electrons. The molecule has 0 spiro atoms. The lowest BCUT2D eigenvalue weighted by Crippen LogP contribution is -1.86. The SMILES string of the molecule is C=C=C(C)COC. The van der Waals surface area contributed by atoms with E-state index in [0.29, 0.717) is 6.61 Å². The van der Waals surface area contributed by atoms with Crippen molar-refractivity contribution in [1.82, 2.24) is 0 Å². The maximum Gasteiger partial charge on any atom is 0.0743 e. The lowest BCUT2D eigenvalue weighted by atomic mass is 10.4. The van der Waals surface area contributed by atoms with Crippen molar-refractivity contribution >= 4 is 0 Å². The van der Waals surface area contributed by atoms with E-state index in [9.17, 15) is 0 Å². The van der Waals surface area contributed by atoms with Gasteiger partial charge in [-0.2, -0.15) is 0 Å². The fourth-order valence-corrected chi connectivity index (χ4v) is 0.268. The highest BCUT2D eigenvalue weighted by Gasteiger charge is 1.78. The molecule has 0 aromatic carbocycles. The molecule has 0 aliphatic heterocycles. The molecule has 0 saturated heterocycles. The topological polar surface area (TPSA) is 9.23 Å². The Labute approximate surface area is 44.3 Å². The van der Waals surface area contributed by atoms with E-state index in [-0.39, 0.29) is 0 Å². The van der Waals surface area contributed by atoms with Gasteiger partial charge in [0, 0.05) is 7.11 Å². The summed E-state index contributed by atoms with van der Waals surface area (Å²) >= 11 is 0. The van der Waals surface area contributed by atoms with E-state index in [1.54, 1.807) is 7.11 Å². The molecule has 40 valence electrons. The molecule has 0 aromatic rings. The molecule has 0 amide bonds. The van der Waals surface area contributed by atoms with Crippen LogP contribution in [0, 0.1) is 0 Å².